The molecular weight excluding hydrogens is 498 g/mol. The first-order chi connectivity index (χ1) is 13.1. The number of aryl methyl sites for hydroxylation is 1. The van der Waals surface area contributed by atoms with Gasteiger partial charge in [0, 0.05) is 26.1 Å². The molecule has 7 nitrogen and oxygen atoms in total. The number of nitrogens with zero attached hydrogens (tertiary/aromatic N) is 4. The molecule has 0 fully saturated rings. The Morgan fingerprint density at radius 1 is 1.46 bits per heavy atom. The highest BCUT2D eigenvalue weighted by Crippen LogP contribution is 2.17. The number of rotatable bonds is 6. The molecule has 0 radical (unpaired) electrons. The second kappa shape index (κ2) is 10.9. The van der Waals surface area contributed by atoms with Crippen LogP contribution in [0.4, 0.5) is 4.39 Å². The molecule has 0 aliphatic carbocycles. The van der Waals surface area contributed by atoms with E-state index < -0.39 is 5.82 Å². The minimum Gasteiger partial charge on any atom is -0.377 e. The lowest BCUT2D eigenvalue weighted by Gasteiger charge is -2.25. The van der Waals surface area contributed by atoms with Crippen LogP contribution in [0.15, 0.2) is 23.2 Å². The highest BCUT2D eigenvalue weighted by Gasteiger charge is 2.22. The Balaban J connectivity index is 0.00000280. The van der Waals surface area contributed by atoms with Crippen LogP contribution in [0, 0.1) is 5.82 Å². The molecule has 0 saturated heterocycles. The normalized spacial score (nSPS) is 16.3. The van der Waals surface area contributed by atoms with Gasteiger partial charge >= 0.3 is 0 Å². The van der Waals surface area contributed by atoms with Gasteiger partial charge in [-0.3, -0.25) is 0 Å². The number of aliphatic imine (C=N–C) groups is 1. The lowest BCUT2D eigenvalue weighted by molar-refractivity contribution is 0.177. The van der Waals surface area contributed by atoms with Crippen LogP contribution in [0.5, 0.6) is 0 Å². The fourth-order valence-electron chi connectivity index (χ4n) is 2.99. The topological polar surface area (TPSA) is 76.4 Å². The molecule has 1 aromatic heterocycles. The summed E-state index contributed by atoms with van der Waals surface area (Å²) in [6, 6.07) is 4.85. The predicted molar refractivity (Wildman–Crippen MR) is 118 cm³/mol. The summed E-state index contributed by atoms with van der Waals surface area (Å²) in [5.41, 5.74) is 0.852. The van der Waals surface area contributed by atoms with E-state index in [1.54, 1.807) is 19.2 Å². The van der Waals surface area contributed by atoms with Gasteiger partial charge in [-0.2, -0.15) is 5.10 Å². The average molecular weight is 523 g/mol. The van der Waals surface area contributed by atoms with Crippen molar-refractivity contribution >= 4 is 41.5 Å². The van der Waals surface area contributed by atoms with E-state index in [9.17, 15) is 4.39 Å². The highest BCUT2D eigenvalue weighted by atomic mass is 127. The van der Waals surface area contributed by atoms with E-state index in [2.05, 4.69) is 25.7 Å². The predicted octanol–water partition coefficient (Wildman–Crippen LogP) is 2.91. The minimum absolute atomic E-state index is 0. The number of methoxy groups -OCH3 is 1. The molecule has 3 rings (SSSR count). The summed E-state index contributed by atoms with van der Waals surface area (Å²) in [6.45, 7) is 4.31. The number of benzene rings is 1. The second-order valence-corrected chi connectivity index (χ2v) is 6.79. The molecule has 28 heavy (non-hydrogen) atoms. The minimum atomic E-state index is -0.423. The molecule has 0 saturated carbocycles. The van der Waals surface area contributed by atoms with Gasteiger partial charge < -0.3 is 15.4 Å². The number of halogens is 3. The van der Waals surface area contributed by atoms with E-state index in [1.807, 2.05) is 11.6 Å². The van der Waals surface area contributed by atoms with Crippen molar-refractivity contribution in [2.24, 2.45) is 4.99 Å². The Morgan fingerprint density at radius 3 is 3.00 bits per heavy atom. The van der Waals surface area contributed by atoms with Gasteiger partial charge in [0.25, 0.3) is 0 Å². The van der Waals surface area contributed by atoms with Crippen molar-refractivity contribution in [3.63, 3.8) is 0 Å². The van der Waals surface area contributed by atoms with E-state index in [0.29, 0.717) is 24.9 Å². The molecule has 2 heterocycles. The molecule has 2 aromatic rings. The smallest absolute Gasteiger partial charge is 0.191 e. The lowest BCUT2D eigenvalue weighted by Crippen LogP contribution is -2.47. The third-order valence-electron chi connectivity index (χ3n) is 4.26. The zero-order valence-corrected chi connectivity index (χ0v) is 19.0. The Kier molecular flexibility index (Phi) is 8.90. The van der Waals surface area contributed by atoms with Crippen molar-refractivity contribution in [3.05, 3.63) is 46.3 Å². The molecule has 1 aliphatic rings. The van der Waals surface area contributed by atoms with Gasteiger partial charge in [0.1, 0.15) is 18.2 Å². The van der Waals surface area contributed by atoms with E-state index in [0.717, 1.165) is 37.3 Å². The van der Waals surface area contributed by atoms with Gasteiger partial charge in [0.05, 0.1) is 18.1 Å². The van der Waals surface area contributed by atoms with Crippen LogP contribution in [0.1, 0.15) is 30.6 Å². The maximum absolute atomic E-state index is 13.3. The van der Waals surface area contributed by atoms with Gasteiger partial charge in [0.2, 0.25) is 0 Å². The highest BCUT2D eigenvalue weighted by molar-refractivity contribution is 14.0. The van der Waals surface area contributed by atoms with Crippen LogP contribution >= 0.6 is 35.6 Å². The lowest BCUT2D eigenvalue weighted by atomic mass is 10.1. The summed E-state index contributed by atoms with van der Waals surface area (Å²) in [7, 11) is 1.64. The second-order valence-electron chi connectivity index (χ2n) is 6.38. The van der Waals surface area contributed by atoms with Gasteiger partial charge in [0.15, 0.2) is 11.8 Å². The molecule has 1 aromatic carbocycles. The van der Waals surface area contributed by atoms with E-state index in [4.69, 9.17) is 16.3 Å². The summed E-state index contributed by atoms with van der Waals surface area (Å²) in [5, 5.41) is 11.3. The number of nitrogens with one attached hydrogen (secondary N) is 2. The molecule has 1 aliphatic heterocycles. The van der Waals surface area contributed by atoms with Crippen LogP contribution in [0.3, 0.4) is 0 Å². The standard InChI is InChI=1S/C18H24ClFN6O.HI/c1-3-21-18(22-9-12-4-6-15(20)14(19)8-12)23-13-5-7-17-24-16(11-27-2)25-26(17)10-13;/h4,6,8,13H,3,5,7,9-11H2,1-2H3,(H2,21,22,23);1H. The zero-order chi connectivity index (χ0) is 19.2. The van der Waals surface area contributed by atoms with Gasteiger partial charge in [-0.05, 0) is 31.0 Å². The third-order valence-corrected chi connectivity index (χ3v) is 4.55. The van der Waals surface area contributed by atoms with Crippen molar-refractivity contribution in [1.82, 2.24) is 25.4 Å². The summed E-state index contributed by atoms with van der Waals surface area (Å²) in [5.74, 6) is 1.99. The van der Waals surface area contributed by atoms with Crippen LogP contribution < -0.4 is 10.6 Å². The van der Waals surface area contributed by atoms with E-state index in [1.165, 1.54) is 6.07 Å². The Bertz CT molecular complexity index is 815. The number of aromatic nitrogens is 3. The first-order valence-corrected chi connectivity index (χ1v) is 9.37. The maximum Gasteiger partial charge on any atom is 0.191 e. The van der Waals surface area contributed by atoms with Crippen molar-refractivity contribution in [1.29, 1.82) is 0 Å². The molecular formula is C18H25ClFIN6O. The average Bonchev–Trinajstić information content (AvgIpc) is 3.04. The third kappa shape index (κ3) is 6.02. The van der Waals surface area contributed by atoms with Crippen LogP contribution in [-0.4, -0.2) is 40.4 Å². The fourth-order valence-corrected chi connectivity index (χ4v) is 3.19. The SMILES string of the molecule is CCNC(=NCc1ccc(F)c(Cl)c1)NC1CCc2nc(COC)nn2C1.I. The van der Waals surface area contributed by atoms with Crippen LogP contribution in [0.2, 0.25) is 5.02 Å². The maximum atomic E-state index is 13.3. The van der Waals surface area contributed by atoms with Crippen molar-refractivity contribution in [2.75, 3.05) is 13.7 Å². The molecule has 10 heteroatoms. The number of fused-ring (bicyclic) bond motifs is 1. The summed E-state index contributed by atoms with van der Waals surface area (Å²) in [4.78, 5) is 9.08. The Morgan fingerprint density at radius 2 is 2.29 bits per heavy atom. The summed E-state index contributed by atoms with van der Waals surface area (Å²) in [6.07, 6.45) is 1.79. The molecule has 0 amide bonds. The molecule has 154 valence electrons. The molecule has 0 spiro atoms. The quantitative estimate of drug-likeness (QED) is 0.347. The van der Waals surface area contributed by atoms with Crippen LogP contribution in [-0.2, 0) is 30.9 Å². The molecule has 1 unspecified atom stereocenters. The van der Waals surface area contributed by atoms with Crippen molar-refractivity contribution in [2.45, 2.75) is 45.5 Å². The number of hydrogen-bond donors (Lipinski definition) is 2. The van der Waals surface area contributed by atoms with Crippen LogP contribution in [0.25, 0.3) is 0 Å². The zero-order valence-electron chi connectivity index (χ0n) is 15.9. The summed E-state index contributed by atoms with van der Waals surface area (Å²) < 4.78 is 20.3. The van der Waals surface area contributed by atoms with Gasteiger partial charge in [-0.1, -0.05) is 17.7 Å². The summed E-state index contributed by atoms with van der Waals surface area (Å²) >= 11 is 5.84. The first-order valence-electron chi connectivity index (χ1n) is 8.99. The van der Waals surface area contributed by atoms with Crippen molar-refractivity contribution < 1.29 is 9.13 Å². The first kappa shape index (κ1) is 22.8. The van der Waals surface area contributed by atoms with E-state index >= 15 is 0 Å². The number of hydrogen-bond acceptors (Lipinski definition) is 4. The largest absolute Gasteiger partial charge is 0.377 e. The monoisotopic (exact) mass is 522 g/mol. The van der Waals surface area contributed by atoms with Crippen molar-refractivity contribution in [3.8, 4) is 0 Å². The number of ether oxygens (including phenoxy) is 1. The molecule has 0 bridgehead atoms. The Hall–Kier alpha value is -1.46. The van der Waals surface area contributed by atoms with Gasteiger partial charge in [-0.25, -0.2) is 19.0 Å². The fraction of sp³-hybridized carbons (Fsp3) is 0.500. The number of guanidine groups is 1. The van der Waals surface area contributed by atoms with Gasteiger partial charge in [-0.15, -0.1) is 24.0 Å². The van der Waals surface area contributed by atoms with E-state index in [-0.39, 0.29) is 35.0 Å². The Labute approximate surface area is 186 Å². The molecule has 1 atom stereocenters. The molecule has 2 N–H and O–H groups in total.